The van der Waals surface area contributed by atoms with E-state index in [-0.39, 0.29) is 5.91 Å². The number of carbonyl (C=O) groups is 1. The van der Waals surface area contributed by atoms with Crippen LogP contribution >= 0.6 is 0 Å². The van der Waals surface area contributed by atoms with Crippen LogP contribution in [0, 0.1) is 0 Å². The Morgan fingerprint density at radius 1 is 1.47 bits per heavy atom. The van der Waals surface area contributed by atoms with Gasteiger partial charge in [-0.05, 0) is 24.6 Å². The highest BCUT2D eigenvalue weighted by atomic mass is 16.2. The molecule has 5 nitrogen and oxygen atoms in total. The predicted molar refractivity (Wildman–Crippen MR) is 76.0 cm³/mol. The molecule has 1 aromatic carbocycles. The number of anilines is 2. The molecule has 0 aliphatic rings. The Morgan fingerprint density at radius 2 is 2.26 bits per heavy atom. The van der Waals surface area contributed by atoms with Crippen molar-refractivity contribution in [1.29, 1.82) is 0 Å². The highest BCUT2D eigenvalue weighted by molar-refractivity contribution is 6.05. The van der Waals surface area contributed by atoms with E-state index < -0.39 is 0 Å². The third kappa shape index (κ3) is 2.93. The fourth-order valence-corrected chi connectivity index (χ4v) is 1.95. The van der Waals surface area contributed by atoms with Crippen molar-refractivity contribution in [3.63, 3.8) is 0 Å². The number of hydrogen-bond donors (Lipinski definition) is 1. The second-order valence-corrected chi connectivity index (χ2v) is 4.45. The molecule has 19 heavy (non-hydrogen) atoms. The van der Waals surface area contributed by atoms with Gasteiger partial charge in [0.1, 0.15) is 0 Å². The van der Waals surface area contributed by atoms with Gasteiger partial charge in [0.15, 0.2) is 0 Å². The summed E-state index contributed by atoms with van der Waals surface area (Å²) in [7, 11) is 1.79. The lowest BCUT2D eigenvalue weighted by atomic mass is 10.2. The van der Waals surface area contributed by atoms with Crippen molar-refractivity contribution in [3.05, 3.63) is 42.2 Å². The van der Waals surface area contributed by atoms with Crippen molar-refractivity contribution < 1.29 is 4.79 Å². The van der Waals surface area contributed by atoms with Crippen LogP contribution in [0.1, 0.15) is 23.7 Å². The number of nitrogen functional groups attached to an aromatic ring is 1. The zero-order chi connectivity index (χ0) is 13.8. The van der Waals surface area contributed by atoms with E-state index in [1.54, 1.807) is 29.0 Å². The zero-order valence-electron chi connectivity index (χ0n) is 11.2. The molecule has 2 rings (SSSR count). The summed E-state index contributed by atoms with van der Waals surface area (Å²) in [4.78, 5) is 14.2. The smallest absolute Gasteiger partial charge is 0.261 e. The molecule has 0 atom stereocenters. The number of aryl methyl sites for hydroxylation is 1. The van der Waals surface area contributed by atoms with Gasteiger partial charge in [0, 0.05) is 31.2 Å². The summed E-state index contributed by atoms with van der Waals surface area (Å²) in [5.74, 6) is -0.0550. The lowest BCUT2D eigenvalue weighted by Gasteiger charge is -2.22. The summed E-state index contributed by atoms with van der Waals surface area (Å²) in [5.41, 5.74) is 7.83. The molecule has 0 aliphatic carbocycles. The fourth-order valence-electron chi connectivity index (χ4n) is 1.95. The van der Waals surface area contributed by atoms with E-state index in [0.29, 0.717) is 17.8 Å². The molecule has 100 valence electrons. The average Bonchev–Trinajstić information content (AvgIpc) is 2.82. The van der Waals surface area contributed by atoms with Crippen LogP contribution in [-0.4, -0.2) is 22.2 Å². The van der Waals surface area contributed by atoms with Crippen LogP contribution in [0.15, 0.2) is 36.7 Å². The maximum atomic E-state index is 12.5. The fraction of sp³-hybridized carbons (Fsp3) is 0.286. The van der Waals surface area contributed by atoms with Crippen LogP contribution in [0.3, 0.4) is 0 Å². The minimum atomic E-state index is -0.0550. The second kappa shape index (κ2) is 5.56. The highest BCUT2D eigenvalue weighted by Crippen LogP contribution is 2.20. The number of benzene rings is 1. The molecule has 1 heterocycles. The number of rotatable bonds is 4. The molecule has 2 N–H and O–H groups in total. The molecule has 0 saturated heterocycles. The Bertz CT molecular complexity index is 576. The molecule has 0 saturated carbocycles. The van der Waals surface area contributed by atoms with Crippen LogP contribution < -0.4 is 10.6 Å². The molecule has 0 radical (unpaired) electrons. The van der Waals surface area contributed by atoms with Gasteiger partial charge in [-0.25, -0.2) is 0 Å². The maximum Gasteiger partial charge on any atom is 0.261 e. The van der Waals surface area contributed by atoms with Gasteiger partial charge in [-0.2, -0.15) is 5.10 Å². The van der Waals surface area contributed by atoms with E-state index in [9.17, 15) is 4.79 Å². The first-order valence-corrected chi connectivity index (χ1v) is 6.28. The number of nitrogens with zero attached hydrogens (tertiary/aromatic N) is 3. The van der Waals surface area contributed by atoms with E-state index in [2.05, 4.69) is 5.10 Å². The minimum absolute atomic E-state index is 0.0550. The van der Waals surface area contributed by atoms with E-state index in [4.69, 9.17) is 5.73 Å². The third-order valence-corrected chi connectivity index (χ3v) is 2.83. The molecule has 1 amide bonds. The minimum Gasteiger partial charge on any atom is -0.399 e. The van der Waals surface area contributed by atoms with Gasteiger partial charge in [0.25, 0.3) is 5.91 Å². The highest BCUT2D eigenvalue weighted by Gasteiger charge is 2.18. The summed E-state index contributed by atoms with van der Waals surface area (Å²) in [6.45, 7) is 2.69. The predicted octanol–water partition coefficient (Wildman–Crippen LogP) is 2.06. The van der Waals surface area contributed by atoms with Gasteiger partial charge in [0.05, 0.1) is 11.8 Å². The van der Waals surface area contributed by atoms with Crippen molar-refractivity contribution in [1.82, 2.24) is 9.78 Å². The van der Waals surface area contributed by atoms with Gasteiger partial charge in [-0.15, -0.1) is 0 Å². The van der Waals surface area contributed by atoms with Crippen LogP contribution in [0.25, 0.3) is 0 Å². The van der Waals surface area contributed by atoms with Crippen molar-refractivity contribution >= 4 is 17.3 Å². The molecule has 0 bridgehead atoms. The Labute approximate surface area is 112 Å². The van der Waals surface area contributed by atoms with Gasteiger partial charge >= 0.3 is 0 Å². The lowest BCUT2D eigenvalue weighted by molar-refractivity contribution is 0.0987. The van der Waals surface area contributed by atoms with Gasteiger partial charge < -0.3 is 10.6 Å². The molecular formula is C14H18N4O. The average molecular weight is 258 g/mol. The number of carbonyl (C=O) groups excluding carboxylic acids is 1. The molecule has 0 aliphatic heterocycles. The molecular weight excluding hydrogens is 240 g/mol. The Kier molecular flexibility index (Phi) is 3.85. The van der Waals surface area contributed by atoms with Crippen LogP contribution in [0.2, 0.25) is 0 Å². The standard InChI is InChI=1S/C14H18N4O/c1-3-7-18(13-6-4-5-12(15)8-13)14(19)11-9-16-17(2)10-11/h4-6,8-10H,3,7,15H2,1-2H3. The van der Waals surface area contributed by atoms with E-state index >= 15 is 0 Å². The summed E-state index contributed by atoms with van der Waals surface area (Å²) in [6.07, 6.45) is 4.18. The molecule has 2 aromatic rings. The summed E-state index contributed by atoms with van der Waals surface area (Å²) >= 11 is 0. The maximum absolute atomic E-state index is 12.5. The first-order valence-electron chi connectivity index (χ1n) is 6.28. The number of hydrogen-bond acceptors (Lipinski definition) is 3. The Morgan fingerprint density at radius 3 is 2.84 bits per heavy atom. The monoisotopic (exact) mass is 258 g/mol. The van der Waals surface area contributed by atoms with Crippen LogP contribution in [0.5, 0.6) is 0 Å². The molecule has 1 aromatic heterocycles. The number of aromatic nitrogens is 2. The van der Waals surface area contributed by atoms with Crippen LogP contribution in [0.4, 0.5) is 11.4 Å². The quantitative estimate of drug-likeness (QED) is 0.854. The number of amides is 1. The SMILES string of the molecule is CCCN(C(=O)c1cnn(C)c1)c1cccc(N)c1. The molecule has 0 unspecified atom stereocenters. The second-order valence-electron chi connectivity index (χ2n) is 4.45. The summed E-state index contributed by atoms with van der Waals surface area (Å²) < 4.78 is 1.62. The van der Waals surface area contributed by atoms with Gasteiger partial charge in [0.2, 0.25) is 0 Å². The third-order valence-electron chi connectivity index (χ3n) is 2.83. The van der Waals surface area contributed by atoms with Gasteiger partial charge in [-0.1, -0.05) is 13.0 Å². The van der Waals surface area contributed by atoms with Crippen molar-refractivity contribution in [2.45, 2.75) is 13.3 Å². The summed E-state index contributed by atoms with van der Waals surface area (Å²) in [6, 6.07) is 7.36. The molecule has 0 fully saturated rings. The lowest BCUT2D eigenvalue weighted by Crippen LogP contribution is -2.31. The largest absolute Gasteiger partial charge is 0.399 e. The Hall–Kier alpha value is -2.30. The van der Waals surface area contributed by atoms with Crippen molar-refractivity contribution in [3.8, 4) is 0 Å². The van der Waals surface area contributed by atoms with Crippen molar-refractivity contribution in [2.24, 2.45) is 7.05 Å². The van der Waals surface area contributed by atoms with E-state index in [0.717, 1.165) is 12.1 Å². The normalized spacial score (nSPS) is 10.4. The van der Waals surface area contributed by atoms with E-state index in [1.165, 1.54) is 0 Å². The number of nitrogens with two attached hydrogens (primary N) is 1. The Balaban J connectivity index is 2.32. The van der Waals surface area contributed by atoms with E-state index in [1.807, 2.05) is 31.2 Å². The summed E-state index contributed by atoms with van der Waals surface area (Å²) in [5, 5.41) is 4.04. The molecule has 5 heteroatoms. The molecule has 0 spiro atoms. The van der Waals surface area contributed by atoms with Crippen LogP contribution in [-0.2, 0) is 7.05 Å². The van der Waals surface area contributed by atoms with Gasteiger partial charge in [-0.3, -0.25) is 9.48 Å². The first-order chi connectivity index (χ1) is 9.11. The van der Waals surface area contributed by atoms with Crippen molar-refractivity contribution in [2.75, 3.05) is 17.2 Å². The first kappa shape index (κ1) is 13.1. The topological polar surface area (TPSA) is 64.2 Å². The zero-order valence-corrected chi connectivity index (χ0v) is 11.2.